The molecular weight excluding hydrogens is 268 g/mol. The Morgan fingerprint density at radius 2 is 1.80 bits per heavy atom. The van der Waals surface area contributed by atoms with Crippen molar-refractivity contribution in [2.45, 2.75) is 45.3 Å². The zero-order valence-electron chi connectivity index (χ0n) is 11.7. The van der Waals surface area contributed by atoms with E-state index >= 15 is 0 Å². The molecule has 0 saturated heterocycles. The number of carboxylic acids is 2. The van der Waals surface area contributed by atoms with Gasteiger partial charge in [0.05, 0.1) is 12.5 Å². The average molecular weight is 290 g/mol. The van der Waals surface area contributed by atoms with Crippen LogP contribution in [0.3, 0.4) is 0 Å². The van der Waals surface area contributed by atoms with Gasteiger partial charge in [0.15, 0.2) is 0 Å². The Morgan fingerprint density at radius 1 is 1.15 bits per heavy atom. The van der Waals surface area contributed by atoms with Crippen LogP contribution in [0.2, 0.25) is 0 Å². The van der Waals surface area contributed by atoms with E-state index in [1.807, 2.05) is 13.8 Å². The fourth-order valence-corrected chi connectivity index (χ4v) is 1.33. The standard InChI is InChI=1S/C12H22N2O6/c1-8(2)20-6-4-3-5-13-12(19)14-9(11(17)18)7-10(15)16/h8-9H,3-7H2,1-2H3,(H,15,16)(H,17,18)(H2,13,14,19)/t9-/m0/s1. The predicted octanol–water partition coefficient (Wildman–Crippen LogP) is 0.419. The molecule has 0 aromatic heterocycles. The zero-order valence-corrected chi connectivity index (χ0v) is 11.7. The van der Waals surface area contributed by atoms with E-state index in [9.17, 15) is 14.4 Å². The summed E-state index contributed by atoms with van der Waals surface area (Å²) in [5.41, 5.74) is 0. The van der Waals surface area contributed by atoms with Crippen molar-refractivity contribution in [2.24, 2.45) is 0 Å². The Hall–Kier alpha value is -1.83. The van der Waals surface area contributed by atoms with Crippen LogP contribution in [0.5, 0.6) is 0 Å². The first-order chi connectivity index (χ1) is 9.32. The maximum atomic E-state index is 11.4. The van der Waals surface area contributed by atoms with Crippen molar-refractivity contribution in [1.29, 1.82) is 0 Å². The molecule has 2 amide bonds. The van der Waals surface area contributed by atoms with Crippen molar-refractivity contribution in [3.8, 4) is 0 Å². The molecule has 1 atom stereocenters. The third-order valence-electron chi connectivity index (χ3n) is 2.29. The average Bonchev–Trinajstić information content (AvgIpc) is 2.31. The van der Waals surface area contributed by atoms with Gasteiger partial charge in [-0.3, -0.25) is 4.79 Å². The van der Waals surface area contributed by atoms with Crippen molar-refractivity contribution in [3.05, 3.63) is 0 Å². The van der Waals surface area contributed by atoms with Crippen molar-refractivity contribution in [2.75, 3.05) is 13.2 Å². The molecule has 8 heteroatoms. The molecule has 0 fully saturated rings. The minimum Gasteiger partial charge on any atom is -0.481 e. The SMILES string of the molecule is CC(C)OCCCCNC(=O)N[C@@H](CC(=O)O)C(=O)O. The number of rotatable bonds is 10. The minimum absolute atomic E-state index is 0.165. The minimum atomic E-state index is -1.43. The molecule has 0 aliphatic heterocycles. The number of ether oxygens (including phenoxy) is 1. The summed E-state index contributed by atoms with van der Waals surface area (Å²) >= 11 is 0. The van der Waals surface area contributed by atoms with Gasteiger partial charge in [0.2, 0.25) is 0 Å². The number of hydrogen-bond donors (Lipinski definition) is 4. The predicted molar refractivity (Wildman–Crippen MR) is 70.5 cm³/mol. The van der Waals surface area contributed by atoms with Gasteiger partial charge in [0.25, 0.3) is 0 Å². The molecule has 0 unspecified atom stereocenters. The van der Waals surface area contributed by atoms with E-state index in [4.69, 9.17) is 14.9 Å². The van der Waals surface area contributed by atoms with Gasteiger partial charge in [-0.1, -0.05) is 0 Å². The van der Waals surface area contributed by atoms with E-state index in [0.29, 0.717) is 19.6 Å². The maximum Gasteiger partial charge on any atom is 0.326 e. The van der Waals surface area contributed by atoms with E-state index in [1.54, 1.807) is 0 Å². The molecule has 0 aromatic carbocycles. The highest BCUT2D eigenvalue weighted by Gasteiger charge is 2.22. The first kappa shape index (κ1) is 18.2. The third-order valence-corrected chi connectivity index (χ3v) is 2.29. The van der Waals surface area contributed by atoms with Gasteiger partial charge >= 0.3 is 18.0 Å². The van der Waals surface area contributed by atoms with Crippen molar-refractivity contribution >= 4 is 18.0 Å². The Bertz CT molecular complexity index is 332. The summed E-state index contributed by atoms with van der Waals surface area (Å²) in [5.74, 6) is -2.67. The number of carbonyl (C=O) groups excluding carboxylic acids is 1. The molecule has 0 saturated carbocycles. The third kappa shape index (κ3) is 10.1. The Balaban J connectivity index is 3.80. The van der Waals surface area contributed by atoms with Gasteiger partial charge in [-0.2, -0.15) is 0 Å². The molecule has 8 nitrogen and oxygen atoms in total. The van der Waals surface area contributed by atoms with Crippen LogP contribution < -0.4 is 10.6 Å². The highest BCUT2D eigenvalue weighted by molar-refractivity contribution is 5.86. The summed E-state index contributed by atoms with van der Waals surface area (Å²) < 4.78 is 5.32. The number of nitrogens with one attached hydrogen (secondary N) is 2. The number of hydrogen-bond acceptors (Lipinski definition) is 4. The van der Waals surface area contributed by atoms with E-state index in [2.05, 4.69) is 10.6 Å². The van der Waals surface area contributed by atoms with Gasteiger partial charge in [-0.25, -0.2) is 9.59 Å². The van der Waals surface area contributed by atoms with Gasteiger partial charge in [0, 0.05) is 13.2 Å². The number of aliphatic carboxylic acids is 2. The van der Waals surface area contributed by atoms with Crippen LogP contribution >= 0.6 is 0 Å². The number of carboxylic acid groups (broad SMARTS) is 2. The lowest BCUT2D eigenvalue weighted by atomic mass is 10.2. The Labute approximate surface area is 117 Å². The lowest BCUT2D eigenvalue weighted by Gasteiger charge is -2.13. The number of unbranched alkanes of at least 4 members (excludes halogenated alkanes) is 1. The first-order valence-corrected chi connectivity index (χ1v) is 6.43. The zero-order chi connectivity index (χ0) is 15.5. The van der Waals surface area contributed by atoms with Gasteiger partial charge < -0.3 is 25.6 Å². The van der Waals surface area contributed by atoms with E-state index in [0.717, 1.165) is 6.42 Å². The second-order valence-electron chi connectivity index (χ2n) is 4.52. The van der Waals surface area contributed by atoms with Crippen LogP contribution in [0.25, 0.3) is 0 Å². The second kappa shape index (κ2) is 10.0. The first-order valence-electron chi connectivity index (χ1n) is 6.43. The van der Waals surface area contributed by atoms with Gasteiger partial charge in [0.1, 0.15) is 6.04 Å². The van der Waals surface area contributed by atoms with E-state index in [-0.39, 0.29) is 6.10 Å². The smallest absolute Gasteiger partial charge is 0.326 e. The molecule has 0 bridgehead atoms. The summed E-state index contributed by atoms with van der Waals surface area (Å²) in [4.78, 5) is 32.5. The molecule has 0 spiro atoms. The number of carbonyl (C=O) groups is 3. The summed E-state index contributed by atoms with van der Waals surface area (Å²) in [5, 5.41) is 21.8. The molecular formula is C12H22N2O6. The van der Waals surface area contributed by atoms with Crippen LogP contribution in [0, 0.1) is 0 Å². The molecule has 0 aromatic rings. The lowest BCUT2D eigenvalue weighted by Crippen LogP contribution is -2.47. The molecule has 4 N–H and O–H groups in total. The summed E-state index contributed by atoms with van der Waals surface area (Å²) in [6.45, 7) is 4.82. The van der Waals surface area contributed by atoms with Crippen LogP contribution in [0.15, 0.2) is 0 Å². The highest BCUT2D eigenvalue weighted by atomic mass is 16.5. The van der Waals surface area contributed by atoms with Crippen molar-refractivity contribution in [1.82, 2.24) is 10.6 Å². The monoisotopic (exact) mass is 290 g/mol. The molecule has 0 heterocycles. The lowest BCUT2D eigenvalue weighted by molar-refractivity contribution is -0.145. The molecule has 0 aliphatic carbocycles. The molecule has 20 heavy (non-hydrogen) atoms. The molecule has 116 valence electrons. The fourth-order valence-electron chi connectivity index (χ4n) is 1.33. The van der Waals surface area contributed by atoms with Crippen LogP contribution in [0.4, 0.5) is 4.79 Å². The topological polar surface area (TPSA) is 125 Å². The van der Waals surface area contributed by atoms with Crippen molar-refractivity contribution in [3.63, 3.8) is 0 Å². The summed E-state index contributed by atoms with van der Waals surface area (Å²) in [7, 11) is 0. The fraction of sp³-hybridized carbons (Fsp3) is 0.750. The van der Waals surface area contributed by atoms with Crippen LogP contribution in [-0.4, -0.2) is 53.5 Å². The molecule has 0 aliphatic rings. The van der Waals surface area contributed by atoms with Gasteiger partial charge in [-0.15, -0.1) is 0 Å². The highest BCUT2D eigenvalue weighted by Crippen LogP contribution is 1.95. The van der Waals surface area contributed by atoms with Gasteiger partial charge in [-0.05, 0) is 26.7 Å². The number of urea groups is 1. The Kier molecular flexibility index (Phi) is 9.10. The normalized spacial score (nSPS) is 11.9. The quantitative estimate of drug-likeness (QED) is 0.432. The molecule has 0 radical (unpaired) electrons. The van der Waals surface area contributed by atoms with Crippen LogP contribution in [0.1, 0.15) is 33.1 Å². The second-order valence-corrected chi connectivity index (χ2v) is 4.52. The summed E-state index contributed by atoms with van der Waals surface area (Å²) in [6.07, 6.45) is 0.969. The van der Waals surface area contributed by atoms with Crippen molar-refractivity contribution < 1.29 is 29.3 Å². The largest absolute Gasteiger partial charge is 0.481 e. The number of amides is 2. The maximum absolute atomic E-state index is 11.4. The summed E-state index contributed by atoms with van der Waals surface area (Å²) in [6, 6.07) is -2.12. The Morgan fingerprint density at radius 3 is 2.30 bits per heavy atom. The molecule has 0 rings (SSSR count). The van der Waals surface area contributed by atoms with E-state index in [1.165, 1.54) is 0 Å². The van der Waals surface area contributed by atoms with E-state index < -0.39 is 30.4 Å². The van der Waals surface area contributed by atoms with Crippen LogP contribution in [-0.2, 0) is 14.3 Å².